The molecule has 88 valence electrons. The number of Topliss-reactive ketones (excluding diaryl/α,β-unsaturated/α-hetero) is 1. The number of hydrogen-bond acceptors (Lipinski definition) is 3. The number of nitrogens with two attached hydrogens (primary N) is 1. The summed E-state index contributed by atoms with van der Waals surface area (Å²) in [7, 11) is 0. The molecule has 0 amide bonds. The van der Waals surface area contributed by atoms with E-state index in [1.807, 2.05) is 32.9 Å². The topological polar surface area (TPSA) is 52.3 Å². The van der Waals surface area contributed by atoms with Crippen molar-refractivity contribution in [3.05, 3.63) is 29.8 Å². The maximum Gasteiger partial charge on any atom is 0.168 e. The molecule has 0 bridgehead atoms. The van der Waals surface area contributed by atoms with Crippen LogP contribution in [0, 0.1) is 0 Å². The minimum Gasteiger partial charge on any atom is -0.493 e. The number of carbonyl (C=O) groups is 1. The average molecular weight is 221 g/mol. The Labute approximate surface area is 96.6 Å². The van der Waals surface area contributed by atoms with Crippen molar-refractivity contribution in [3.8, 4) is 5.75 Å². The first-order valence-electron chi connectivity index (χ1n) is 5.48. The fourth-order valence-corrected chi connectivity index (χ4v) is 1.49. The average Bonchev–Trinajstić information content (AvgIpc) is 2.16. The summed E-state index contributed by atoms with van der Waals surface area (Å²) >= 11 is 0. The fraction of sp³-hybridized carbons (Fsp3) is 0.462. The molecule has 0 aliphatic carbocycles. The highest BCUT2D eigenvalue weighted by molar-refractivity contribution is 5.99. The van der Waals surface area contributed by atoms with Crippen molar-refractivity contribution < 1.29 is 9.53 Å². The Morgan fingerprint density at radius 3 is 2.56 bits per heavy atom. The van der Waals surface area contributed by atoms with E-state index in [4.69, 9.17) is 10.5 Å². The van der Waals surface area contributed by atoms with Gasteiger partial charge in [0.2, 0.25) is 0 Å². The van der Waals surface area contributed by atoms with Crippen molar-refractivity contribution in [2.24, 2.45) is 5.73 Å². The highest BCUT2D eigenvalue weighted by atomic mass is 16.5. The van der Waals surface area contributed by atoms with Gasteiger partial charge in [-0.05, 0) is 32.9 Å². The zero-order valence-electron chi connectivity index (χ0n) is 10.1. The van der Waals surface area contributed by atoms with Gasteiger partial charge in [-0.3, -0.25) is 4.79 Å². The molecule has 0 aliphatic heterocycles. The molecule has 3 heteroatoms. The quantitative estimate of drug-likeness (QED) is 0.777. The Balaban J connectivity index is 2.90. The summed E-state index contributed by atoms with van der Waals surface area (Å²) in [4.78, 5) is 12.0. The molecule has 1 rings (SSSR count). The molecule has 0 heterocycles. The van der Waals surface area contributed by atoms with Crippen LogP contribution in [0.3, 0.4) is 0 Å². The molecule has 0 saturated carbocycles. The summed E-state index contributed by atoms with van der Waals surface area (Å²) in [5, 5.41) is 0. The number of carbonyl (C=O) groups excluding carboxylic acids is 1. The van der Waals surface area contributed by atoms with Gasteiger partial charge < -0.3 is 10.5 Å². The molecule has 0 saturated heterocycles. The molecular formula is C13H19NO2. The maximum absolute atomic E-state index is 12.0. The lowest BCUT2D eigenvalue weighted by Gasteiger charge is -2.18. The Bertz CT molecular complexity index is 366. The first kappa shape index (κ1) is 12.7. The second-order valence-corrected chi connectivity index (χ2v) is 4.52. The Kier molecular flexibility index (Phi) is 4.07. The first-order valence-corrected chi connectivity index (χ1v) is 5.48. The molecule has 2 N–H and O–H groups in total. The highest BCUT2D eigenvalue weighted by Crippen LogP contribution is 2.21. The van der Waals surface area contributed by atoms with Crippen molar-refractivity contribution in [3.63, 3.8) is 0 Å². The number of ketones is 1. The molecule has 1 aromatic rings. The molecule has 0 fully saturated rings. The molecular weight excluding hydrogens is 202 g/mol. The molecule has 0 radical (unpaired) electrons. The molecule has 0 spiro atoms. The van der Waals surface area contributed by atoms with Crippen LogP contribution in [0.25, 0.3) is 0 Å². The van der Waals surface area contributed by atoms with Gasteiger partial charge in [0.15, 0.2) is 5.78 Å². The molecule has 16 heavy (non-hydrogen) atoms. The number of hydrogen-bond donors (Lipinski definition) is 1. The van der Waals surface area contributed by atoms with Gasteiger partial charge in [-0.25, -0.2) is 0 Å². The molecule has 1 aromatic carbocycles. The summed E-state index contributed by atoms with van der Waals surface area (Å²) < 4.78 is 5.41. The zero-order valence-corrected chi connectivity index (χ0v) is 10.1. The molecule has 0 atom stereocenters. The van der Waals surface area contributed by atoms with E-state index in [2.05, 4.69) is 0 Å². The van der Waals surface area contributed by atoms with Gasteiger partial charge in [-0.2, -0.15) is 0 Å². The number of ether oxygens (including phenoxy) is 1. The van der Waals surface area contributed by atoms with E-state index in [1.165, 1.54) is 0 Å². The second kappa shape index (κ2) is 5.12. The third kappa shape index (κ3) is 3.66. The van der Waals surface area contributed by atoms with Crippen molar-refractivity contribution in [1.82, 2.24) is 0 Å². The standard InChI is InChI=1S/C13H19NO2/c1-4-16-12-8-6-5-7-10(12)11(15)9-13(2,3)14/h5-8H,4,9,14H2,1-3H3. The van der Waals surface area contributed by atoms with E-state index in [9.17, 15) is 4.79 Å². The summed E-state index contributed by atoms with van der Waals surface area (Å²) in [5.41, 5.74) is 5.96. The lowest BCUT2D eigenvalue weighted by Crippen LogP contribution is -2.34. The van der Waals surface area contributed by atoms with Crippen LogP contribution >= 0.6 is 0 Å². The molecule has 0 aliphatic rings. The minimum atomic E-state index is -0.490. The lowest BCUT2D eigenvalue weighted by molar-refractivity contribution is 0.0956. The lowest BCUT2D eigenvalue weighted by atomic mass is 9.95. The van der Waals surface area contributed by atoms with Gasteiger partial charge in [-0.1, -0.05) is 12.1 Å². The molecule has 3 nitrogen and oxygen atoms in total. The van der Waals surface area contributed by atoms with E-state index in [-0.39, 0.29) is 5.78 Å². The minimum absolute atomic E-state index is 0.0246. The van der Waals surface area contributed by atoms with Crippen molar-refractivity contribution in [2.75, 3.05) is 6.61 Å². The Morgan fingerprint density at radius 2 is 2.00 bits per heavy atom. The normalized spacial score (nSPS) is 11.2. The van der Waals surface area contributed by atoms with E-state index in [1.54, 1.807) is 12.1 Å². The molecule has 0 aromatic heterocycles. The largest absolute Gasteiger partial charge is 0.493 e. The Morgan fingerprint density at radius 1 is 1.38 bits per heavy atom. The first-order chi connectivity index (χ1) is 7.44. The van der Waals surface area contributed by atoms with Gasteiger partial charge >= 0.3 is 0 Å². The van der Waals surface area contributed by atoms with Crippen LogP contribution < -0.4 is 10.5 Å². The summed E-state index contributed by atoms with van der Waals surface area (Å²) in [6, 6.07) is 7.27. The second-order valence-electron chi connectivity index (χ2n) is 4.52. The third-order valence-electron chi connectivity index (χ3n) is 2.10. The molecule has 0 unspecified atom stereocenters. The van der Waals surface area contributed by atoms with Gasteiger partial charge in [0, 0.05) is 12.0 Å². The number of rotatable bonds is 5. The fourth-order valence-electron chi connectivity index (χ4n) is 1.49. The van der Waals surface area contributed by atoms with Crippen molar-refractivity contribution in [2.45, 2.75) is 32.7 Å². The van der Waals surface area contributed by atoms with E-state index < -0.39 is 5.54 Å². The Hall–Kier alpha value is -1.35. The number of para-hydroxylation sites is 1. The van der Waals surface area contributed by atoms with E-state index >= 15 is 0 Å². The highest BCUT2D eigenvalue weighted by Gasteiger charge is 2.20. The van der Waals surface area contributed by atoms with E-state index in [0.717, 1.165) is 0 Å². The van der Waals surface area contributed by atoms with Gasteiger partial charge in [-0.15, -0.1) is 0 Å². The van der Waals surface area contributed by atoms with Crippen molar-refractivity contribution in [1.29, 1.82) is 0 Å². The third-order valence-corrected chi connectivity index (χ3v) is 2.10. The zero-order chi connectivity index (χ0) is 12.2. The van der Waals surface area contributed by atoms with Crippen LogP contribution in [0.2, 0.25) is 0 Å². The van der Waals surface area contributed by atoms with Gasteiger partial charge in [0.1, 0.15) is 5.75 Å². The SMILES string of the molecule is CCOc1ccccc1C(=O)CC(C)(C)N. The van der Waals surface area contributed by atoms with Crippen LogP contribution in [0.1, 0.15) is 37.6 Å². The summed E-state index contributed by atoms with van der Waals surface area (Å²) in [6.07, 6.45) is 0.317. The van der Waals surface area contributed by atoms with Crippen LogP contribution in [-0.2, 0) is 0 Å². The van der Waals surface area contributed by atoms with Crippen LogP contribution in [-0.4, -0.2) is 17.9 Å². The number of benzene rings is 1. The summed E-state index contributed by atoms with van der Waals surface area (Å²) in [5.74, 6) is 0.663. The van der Waals surface area contributed by atoms with Crippen LogP contribution in [0.5, 0.6) is 5.75 Å². The van der Waals surface area contributed by atoms with Crippen LogP contribution in [0.4, 0.5) is 0 Å². The van der Waals surface area contributed by atoms with Crippen molar-refractivity contribution >= 4 is 5.78 Å². The smallest absolute Gasteiger partial charge is 0.168 e. The predicted octanol–water partition coefficient (Wildman–Crippen LogP) is 2.40. The maximum atomic E-state index is 12.0. The monoisotopic (exact) mass is 221 g/mol. The van der Waals surface area contributed by atoms with Crippen LogP contribution in [0.15, 0.2) is 24.3 Å². The van der Waals surface area contributed by atoms with Gasteiger partial charge in [0.25, 0.3) is 0 Å². The summed E-state index contributed by atoms with van der Waals surface area (Å²) in [6.45, 7) is 6.13. The van der Waals surface area contributed by atoms with E-state index in [0.29, 0.717) is 24.3 Å². The van der Waals surface area contributed by atoms with Gasteiger partial charge in [0.05, 0.1) is 12.2 Å². The predicted molar refractivity (Wildman–Crippen MR) is 64.8 cm³/mol.